The van der Waals surface area contributed by atoms with E-state index in [-0.39, 0.29) is 11.1 Å². The van der Waals surface area contributed by atoms with Crippen molar-refractivity contribution in [1.29, 1.82) is 0 Å². The van der Waals surface area contributed by atoms with E-state index in [0.29, 0.717) is 33.3 Å². The van der Waals surface area contributed by atoms with E-state index in [0.717, 1.165) is 5.56 Å². The second kappa shape index (κ2) is 6.97. The van der Waals surface area contributed by atoms with Crippen molar-refractivity contribution in [3.8, 4) is 11.3 Å². The highest BCUT2D eigenvalue weighted by Crippen LogP contribution is 2.20. The molecule has 128 valence electrons. The Balaban J connectivity index is 1.61. The molecular formula is C19H14N4O2S. The highest BCUT2D eigenvalue weighted by atomic mass is 32.2. The molecule has 0 unspecified atom stereocenters. The molecular weight excluding hydrogens is 348 g/mol. The van der Waals surface area contributed by atoms with Gasteiger partial charge in [0.2, 0.25) is 0 Å². The van der Waals surface area contributed by atoms with Gasteiger partial charge < -0.3 is 9.97 Å². The van der Waals surface area contributed by atoms with Gasteiger partial charge in [-0.3, -0.25) is 9.59 Å². The summed E-state index contributed by atoms with van der Waals surface area (Å²) in [6.45, 7) is 0. The second-order valence-corrected chi connectivity index (χ2v) is 6.58. The molecule has 0 aliphatic rings. The van der Waals surface area contributed by atoms with E-state index < -0.39 is 0 Å². The SMILES string of the molecule is O=c1cc(-c2ccccc2)nc(SCc2nc3ccccc3c(=O)[nH]2)[nH]1. The zero-order chi connectivity index (χ0) is 17.9. The van der Waals surface area contributed by atoms with E-state index in [4.69, 9.17) is 0 Å². The largest absolute Gasteiger partial charge is 0.309 e. The van der Waals surface area contributed by atoms with Crippen LogP contribution in [-0.2, 0) is 5.75 Å². The Kier molecular flexibility index (Phi) is 4.37. The summed E-state index contributed by atoms with van der Waals surface area (Å²) >= 11 is 1.31. The van der Waals surface area contributed by atoms with E-state index in [1.807, 2.05) is 36.4 Å². The van der Waals surface area contributed by atoms with E-state index in [1.54, 1.807) is 18.2 Å². The Morgan fingerprint density at radius 2 is 1.65 bits per heavy atom. The van der Waals surface area contributed by atoms with E-state index in [9.17, 15) is 9.59 Å². The van der Waals surface area contributed by atoms with Crippen molar-refractivity contribution >= 4 is 22.7 Å². The van der Waals surface area contributed by atoms with Gasteiger partial charge in [0.15, 0.2) is 5.16 Å². The number of thioether (sulfide) groups is 1. The smallest absolute Gasteiger partial charge is 0.258 e. The molecule has 4 aromatic rings. The summed E-state index contributed by atoms with van der Waals surface area (Å²) in [5, 5.41) is 1.03. The number of aromatic amines is 2. The standard InChI is InChI=1S/C19H14N4O2S/c24-17-10-15(12-6-2-1-3-7-12)21-19(23-17)26-11-16-20-14-9-5-4-8-13(14)18(25)22-16/h1-10H,11H2,(H,20,22,25)(H,21,23,24). The number of nitrogens with one attached hydrogen (secondary N) is 2. The van der Waals surface area contributed by atoms with Gasteiger partial charge >= 0.3 is 0 Å². The monoisotopic (exact) mass is 362 g/mol. The Labute approximate surface area is 152 Å². The maximum atomic E-state index is 12.1. The van der Waals surface area contributed by atoms with Crippen LogP contribution >= 0.6 is 11.8 Å². The van der Waals surface area contributed by atoms with Crippen molar-refractivity contribution in [2.45, 2.75) is 10.9 Å². The molecule has 0 aliphatic heterocycles. The fraction of sp³-hybridized carbons (Fsp3) is 0.0526. The third kappa shape index (κ3) is 3.43. The third-order valence-corrected chi connectivity index (χ3v) is 4.68. The van der Waals surface area contributed by atoms with Gasteiger partial charge in [-0.05, 0) is 12.1 Å². The number of hydrogen-bond acceptors (Lipinski definition) is 5. The lowest BCUT2D eigenvalue weighted by molar-refractivity contribution is 0.937. The van der Waals surface area contributed by atoms with Crippen LogP contribution in [0.5, 0.6) is 0 Å². The number of hydrogen-bond donors (Lipinski definition) is 2. The summed E-state index contributed by atoms with van der Waals surface area (Å²) in [5.74, 6) is 0.924. The van der Waals surface area contributed by atoms with Crippen molar-refractivity contribution in [2.24, 2.45) is 0 Å². The van der Waals surface area contributed by atoms with Gasteiger partial charge in [0, 0.05) is 11.6 Å². The van der Waals surface area contributed by atoms with E-state index >= 15 is 0 Å². The van der Waals surface area contributed by atoms with Crippen molar-refractivity contribution in [3.63, 3.8) is 0 Å². The number of nitrogens with zero attached hydrogens (tertiary/aromatic N) is 2. The summed E-state index contributed by atoms with van der Waals surface area (Å²) < 4.78 is 0. The molecule has 0 atom stereocenters. The first-order valence-corrected chi connectivity index (χ1v) is 8.95. The molecule has 2 heterocycles. The molecule has 26 heavy (non-hydrogen) atoms. The Morgan fingerprint density at radius 3 is 2.50 bits per heavy atom. The number of benzene rings is 2. The van der Waals surface area contributed by atoms with Crippen molar-refractivity contribution in [2.75, 3.05) is 0 Å². The van der Waals surface area contributed by atoms with Crippen LogP contribution in [0.15, 0.2) is 75.4 Å². The van der Waals surface area contributed by atoms with Gasteiger partial charge in [0.25, 0.3) is 11.1 Å². The van der Waals surface area contributed by atoms with Crippen LogP contribution < -0.4 is 11.1 Å². The fourth-order valence-electron chi connectivity index (χ4n) is 2.60. The minimum atomic E-state index is -0.221. The van der Waals surface area contributed by atoms with Crippen LogP contribution in [0, 0.1) is 0 Å². The quantitative estimate of drug-likeness (QED) is 0.430. The molecule has 0 aliphatic carbocycles. The average Bonchev–Trinajstić information content (AvgIpc) is 2.67. The molecule has 0 saturated heterocycles. The minimum absolute atomic E-state index is 0.175. The molecule has 2 aromatic carbocycles. The molecule has 7 heteroatoms. The first-order valence-electron chi connectivity index (χ1n) is 7.96. The van der Waals surface area contributed by atoms with Crippen molar-refractivity contribution in [3.05, 3.63) is 87.2 Å². The molecule has 4 rings (SSSR count). The van der Waals surface area contributed by atoms with Crippen LogP contribution in [0.3, 0.4) is 0 Å². The summed E-state index contributed by atoms with van der Waals surface area (Å²) in [6.07, 6.45) is 0. The molecule has 0 spiro atoms. The molecule has 6 nitrogen and oxygen atoms in total. The molecule has 0 radical (unpaired) electrons. The summed E-state index contributed by atoms with van der Waals surface area (Å²) in [6, 6.07) is 18.2. The van der Waals surface area contributed by atoms with Crippen molar-refractivity contribution < 1.29 is 0 Å². The average molecular weight is 362 g/mol. The number of rotatable bonds is 4. The van der Waals surface area contributed by atoms with Crippen LogP contribution in [-0.4, -0.2) is 19.9 Å². The van der Waals surface area contributed by atoms with Gasteiger partial charge in [0.05, 0.1) is 22.3 Å². The predicted octanol–water partition coefficient (Wildman–Crippen LogP) is 2.97. The highest BCUT2D eigenvalue weighted by Gasteiger charge is 2.07. The van der Waals surface area contributed by atoms with Gasteiger partial charge in [-0.1, -0.05) is 54.2 Å². The highest BCUT2D eigenvalue weighted by molar-refractivity contribution is 7.98. The van der Waals surface area contributed by atoms with Crippen molar-refractivity contribution in [1.82, 2.24) is 19.9 Å². The zero-order valence-electron chi connectivity index (χ0n) is 13.6. The number of aromatic nitrogens is 4. The number of fused-ring (bicyclic) bond motifs is 1. The van der Waals surface area contributed by atoms with Crippen LogP contribution in [0.4, 0.5) is 0 Å². The van der Waals surface area contributed by atoms with Gasteiger partial charge in [-0.25, -0.2) is 9.97 Å². The van der Waals surface area contributed by atoms with Gasteiger partial charge in [-0.15, -0.1) is 0 Å². The minimum Gasteiger partial charge on any atom is -0.309 e. The lowest BCUT2D eigenvalue weighted by Crippen LogP contribution is -2.12. The zero-order valence-corrected chi connectivity index (χ0v) is 14.4. The Morgan fingerprint density at radius 1 is 0.885 bits per heavy atom. The lowest BCUT2D eigenvalue weighted by Gasteiger charge is -2.05. The first-order chi connectivity index (χ1) is 12.7. The topological polar surface area (TPSA) is 91.5 Å². The molecule has 2 aromatic heterocycles. The fourth-order valence-corrected chi connectivity index (χ4v) is 3.35. The third-order valence-electron chi connectivity index (χ3n) is 3.80. The lowest BCUT2D eigenvalue weighted by atomic mass is 10.1. The molecule has 0 bridgehead atoms. The Bertz CT molecular complexity index is 1190. The maximum absolute atomic E-state index is 12.1. The normalized spacial score (nSPS) is 10.9. The van der Waals surface area contributed by atoms with Crippen LogP contribution in [0.1, 0.15) is 5.82 Å². The van der Waals surface area contributed by atoms with Gasteiger partial charge in [0.1, 0.15) is 5.82 Å². The van der Waals surface area contributed by atoms with E-state index in [2.05, 4.69) is 19.9 Å². The van der Waals surface area contributed by atoms with E-state index in [1.165, 1.54) is 17.8 Å². The predicted molar refractivity (Wildman–Crippen MR) is 102 cm³/mol. The van der Waals surface area contributed by atoms with Crippen LogP contribution in [0.2, 0.25) is 0 Å². The first kappa shape index (κ1) is 16.3. The second-order valence-electron chi connectivity index (χ2n) is 5.62. The maximum Gasteiger partial charge on any atom is 0.258 e. The molecule has 0 amide bonds. The number of para-hydroxylation sites is 1. The molecule has 0 fully saturated rings. The number of H-pyrrole nitrogens is 2. The van der Waals surface area contributed by atoms with Gasteiger partial charge in [-0.2, -0.15) is 0 Å². The Hall–Kier alpha value is -3.19. The summed E-state index contributed by atoms with van der Waals surface area (Å²) in [5.41, 5.74) is 1.73. The summed E-state index contributed by atoms with van der Waals surface area (Å²) in [4.78, 5) is 38.5. The summed E-state index contributed by atoms with van der Waals surface area (Å²) in [7, 11) is 0. The molecule has 2 N–H and O–H groups in total. The van der Waals surface area contributed by atoms with Crippen LogP contribution in [0.25, 0.3) is 22.2 Å². The molecule has 0 saturated carbocycles.